The van der Waals surface area contributed by atoms with Crippen molar-refractivity contribution in [2.75, 3.05) is 13.1 Å². The van der Waals surface area contributed by atoms with Crippen molar-refractivity contribution in [3.8, 4) is 11.6 Å². The van der Waals surface area contributed by atoms with Crippen LogP contribution in [-0.2, 0) is 0 Å². The van der Waals surface area contributed by atoms with Crippen molar-refractivity contribution in [2.45, 2.75) is 6.92 Å². The molecule has 5 nitrogen and oxygen atoms in total. The molecule has 0 saturated carbocycles. The predicted octanol–water partition coefficient (Wildman–Crippen LogP) is 3.80. The van der Waals surface area contributed by atoms with Gasteiger partial charge in [0, 0.05) is 17.2 Å². The Morgan fingerprint density at radius 1 is 1.29 bits per heavy atom. The Balaban J connectivity index is 0.00000264. The molecule has 3 N–H and O–H groups in total. The summed E-state index contributed by atoms with van der Waals surface area (Å²) >= 11 is 3.36. The number of nitrogens with zero attached hydrogens (tertiary/aromatic N) is 1. The van der Waals surface area contributed by atoms with Gasteiger partial charge in [-0.25, -0.2) is 4.98 Å². The highest BCUT2D eigenvalue weighted by atomic mass is 79.9. The Labute approximate surface area is 162 Å². The Hall–Kier alpha value is -1.34. The third kappa shape index (κ3) is 6.65. The smallest absolute Gasteiger partial charge is 0.256 e. The first-order chi connectivity index (χ1) is 10.6. The van der Waals surface area contributed by atoms with Gasteiger partial charge in [0.15, 0.2) is 0 Å². The van der Waals surface area contributed by atoms with Gasteiger partial charge in [0.2, 0.25) is 5.88 Å². The highest BCUT2D eigenvalue weighted by Gasteiger charge is 2.14. The van der Waals surface area contributed by atoms with Gasteiger partial charge in [0.05, 0.1) is 0 Å². The molecule has 1 atom stereocenters. The molecule has 0 aliphatic heterocycles. The van der Waals surface area contributed by atoms with Gasteiger partial charge in [-0.3, -0.25) is 4.79 Å². The van der Waals surface area contributed by atoms with Crippen LogP contribution in [0.25, 0.3) is 0 Å². The van der Waals surface area contributed by atoms with E-state index in [0.29, 0.717) is 24.4 Å². The molecule has 132 valence electrons. The van der Waals surface area contributed by atoms with Crippen LogP contribution < -0.4 is 15.8 Å². The van der Waals surface area contributed by atoms with Crippen molar-refractivity contribution in [2.24, 2.45) is 11.7 Å². The van der Waals surface area contributed by atoms with Crippen LogP contribution in [-0.4, -0.2) is 24.0 Å². The third-order valence-electron chi connectivity index (χ3n) is 3.06. The number of carbonyl (C=O) groups excluding carboxylic acids is 1. The van der Waals surface area contributed by atoms with Crippen LogP contribution in [0.3, 0.4) is 0 Å². The summed E-state index contributed by atoms with van der Waals surface area (Å²) in [6.07, 6.45) is 1.59. The molecule has 1 aromatic carbocycles. The minimum atomic E-state index is -0.222. The lowest BCUT2D eigenvalue weighted by Crippen LogP contribution is -2.31. The fourth-order valence-electron chi connectivity index (χ4n) is 1.70. The number of nitrogens with one attached hydrogen (secondary N) is 1. The van der Waals surface area contributed by atoms with E-state index in [2.05, 4.69) is 26.2 Å². The third-order valence-corrected chi connectivity index (χ3v) is 3.59. The van der Waals surface area contributed by atoms with E-state index in [1.807, 2.05) is 19.1 Å². The Morgan fingerprint density at radius 2 is 1.96 bits per heavy atom. The van der Waals surface area contributed by atoms with E-state index in [9.17, 15) is 4.79 Å². The highest BCUT2D eigenvalue weighted by molar-refractivity contribution is 9.10. The average molecular weight is 437 g/mol. The largest absolute Gasteiger partial charge is 0.438 e. The Morgan fingerprint density at radius 3 is 2.58 bits per heavy atom. The number of rotatable bonds is 6. The molecule has 2 aromatic rings. The van der Waals surface area contributed by atoms with Gasteiger partial charge in [-0.15, -0.1) is 24.8 Å². The number of ether oxygens (including phenoxy) is 1. The highest BCUT2D eigenvalue weighted by Crippen LogP contribution is 2.24. The molecule has 0 bridgehead atoms. The molecular weight excluding hydrogens is 417 g/mol. The number of pyridine rings is 1. The quantitative estimate of drug-likeness (QED) is 0.721. The van der Waals surface area contributed by atoms with Gasteiger partial charge in [-0.2, -0.15) is 0 Å². The molecule has 0 fully saturated rings. The summed E-state index contributed by atoms with van der Waals surface area (Å²) in [6, 6.07) is 10.7. The predicted molar refractivity (Wildman–Crippen MR) is 104 cm³/mol. The maximum atomic E-state index is 12.3. The monoisotopic (exact) mass is 435 g/mol. The van der Waals surface area contributed by atoms with Crippen molar-refractivity contribution in [3.05, 3.63) is 52.6 Å². The van der Waals surface area contributed by atoms with Crippen molar-refractivity contribution in [3.63, 3.8) is 0 Å². The van der Waals surface area contributed by atoms with Crippen LogP contribution in [0.15, 0.2) is 47.1 Å². The number of benzene rings is 1. The fraction of sp³-hybridized carbons (Fsp3) is 0.250. The summed E-state index contributed by atoms with van der Waals surface area (Å²) < 4.78 is 6.65. The van der Waals surface area contributed by atoms with Gasteiger partial charge >= 0.3 is 0 Å². The molecule has 1 aromatic heterocycles. The van der Waals surface area contributed by atoms with Gasteiger partial charge in [-0.05, 0) is 48.9 Å². The molecule has 0 saturated heterocycles. The molecule has 2 rings (SSSR count). The SMILES string of the molecule is CC(CN)CNC(=O)c1cccnc1Oc1ccc(Br)cc1.Cl.Cl. The van der Waals surface area contributed by atoms with Gasteiger partial charge in [0.1, 0.15) is 11.3 Å². The van der Waals surface area contributed by atoms with E-state index in [0.717, 1.165) is 4.47 Å². The molecule has 1 unspecified atom stereocenters. The summed E-state index contributed by atoms with van der Waals surface area (Å²) in [5.74, 6) is 0.894. The first kappa shape index (κ1) is 22.7. The van der Waals surface area contributed by atoms with Gasteiger partial charge in [0.25, 0.3) is 5.91 Å². The summed E-state index contributed by atoms with van der Waals surface area (Å²) in [4.78, 5) is 16.4. The minimum Gasteiger partial charge on any atom is -0.438 e. The summed E-state index contributed by atoms with van der Waals surface area (Å²) in [5, 5.41) is 2.84. The summed E-state index contributed by atoms with van der Waals surface area (Å²) in [7, 11) is 0. The fourth-order valence-corrected chi connectivity index (χ4v) is 1.97. The van der Waals surface area contributed by atoms with Crippen molar-refractivity contribution < 1.29 is 9.53 Å². The van der Waals surface area contributed by atoms with Crippen molar-refractivity contribution >= 4 is 46.7 Å². The lowest BCUT2D eigenvalue weighted by molar-refractivity contribution is 0.0945. The van der Waals surface area contributed by atoms with E-state index < -0.39 is 0 Å². The second kappa shape index (κ2) is 11.3. The maximum absolute atomic E-state index is 12.3. The van der Waals surface area contributed by atoms with Gasteiger partial charge in [-0.1, -0.05) is 22.9 Å². The molecule has 1 amide bonds. The second-order valence-corrected chi connectivity index (χ2v) is 5.88. The number of hydrogen-bond acceptors (Lipinski definition) is 4. The van der Waals surface area contributed by atoms with Crippen LogP contribution >= 0.6 is 40.7 Å². The molecule has 0 aliphatic carbocycles. The Kier molecular flexibility index (Phi) is 10.6. The molecule has 0 aliphatic rings. The number of aromatic nitrogens is 1. The zero-order valence-corrected chi connectivity index (χ0v) is 16.3. The molecule has 0 spiro atoms. The second-order valence-electron chi connectivity index (χ2n) is 4.96. The lowest BCUT2D eigenvalue weighted by Gasteiger charge is -2.12. The Bertz CT molecular complexity index is 641. The van der Waals surface area contributed by atoms with E-state index in [1.165, 1.54) is 0 Å². The van der Waals surface area contributed by atoms with Gasteiger partial charge < -0.3 is 15.8 Å². The number of amides is 1. The minimum absolute atomic E-state index is 0. The normalized spacial score (nSPS) is 10.8. The zero-order chi connectivity index (χ0) is 15.9. The lowest BCUT2D eigenvalue weighted by atomic mass is 10.2. The van der Waals surface area contributed by atoms with Crippen LogP contribution in [0, 0.1) is 5.92 Å². The number of nitrogens with two attached hydrogens (primary N) is 1. The number of carbonyl (C=O) groups is 1. The average Bonchev–Trinajstić information content (AvgIpc) is 2.55. The number of hydrogen-bond donors (Lipinski definition) is 2. The summed E-state index contributed by atoms with van der Waals surface area (Å²) in [5.41, 5.74) is 5.95. The first-order valence-electron chi connectivity index (χ1n) is 6.97. The van der Waals surface area contributed by atoms with Crippen LogP contribution in [0.2, 0.25) is 0 Å². The van der Waals surface area contributed by atoms with Crippen LogP contribution in [0.1, 0.15) is 17.3 Å². The van der Waals surface area contributed by atoms with Crippen molar-refractivity contribution in [1.29, 1.82) is 0 Å². The molecule has 0 radical (unpaired) electrons. The maximum Gasteiger partial charge on any atom is 0.256 e. The zero-order valence-electron chi connectivity index (χ0n) is 13.1. The van der Waals surface area contributed by atoms with E-state index in [1.54, 1.807) is 30.5 Å². The topological polar surface area (TPSA) is 77.2 Å². The summed E-state index contributed by atoms with van der Waals surface area (Å²) in [6.45, 7) is 3.01. The first-order valence-corrected chi connectivity index (χ1v) is 7.76. The van der Waals surface area contributed by atoms with E-state index in [4.69, 9.17) is 10.5 Å². The standard InChI is InChI=1S/C16H18BrN3O2.2ClH/c1-11(9-18)10-20-15(21)14-3-2-8-19-16(14)22-13-6-4-12(17)5-7-13;;/h2-8,11H,9-10,18H2,1H3,(H,20,21);2*1H. The van der Waals surface area contributed by atoms with E-state index >= 15 is 0 Å². The van der Waals surface area contributed by atoms with E-state index in [-0.39, 0.29) is 42.5 Å². The molecule has 24 heavy (non-hydrogen) atoms. The molecule has 8 heteroatoms. The molecule has 1 heterocycles. The number of halogens is 3. The van der Waals surface area contributed by atoms with Crippen LogP contribution in [0.5, 0.6) is 11.6 Å². The van der Waals surface area contributed by atoms with Crippen LogP contribution in [0.4, 0.5) is 0 Å². The van der Waals surface area contributed by atoms with Crippen molar-refractivity contribution in [1.82, 2.24) is 10.3 Å². The molecular formula is C16H20BrCl2N3O2.